The Morgan fingerprint density at radius 1 is 1.47 bits per heavy atom. The number of rotatable bonds is 2. The summed E-state index contributed by atoms with van der Waals surface area (Å²) < 4.78 is 5.69. The Morgan fingerprint density at radius 2 is 2.20 bits per heavy atom. The van der Waals surface area contributed by atoms with Crippen molar-refractivity contribution in [2.45, 2.75) is 26.4 Å². The number of hydrogen-bond acceptors (Lipinski definition) is 2. The molecule has 0 aromatic heterocycles. The molecule has 0 aliphatic carbocycles. The number of carbonyl (C=O) groups excluding carboxylic acids is 1. The first-order valence-electron chi connectivity index (χ1n) is 5.04. The number of fused-ring (bicyclic) bond motifs is 1. The highest BCUT2D eigenvalue weighted by molar-refractivity contribution is 5.94. The average Bonchev–Trinajstić information content (AvgIpc) is 2.59. The van der Waals surface area contributed by atoms with Gasteiger partial charge in [0.1, 0.15) is 11.9 Å². The van der Waals surface area contributed by atoms with Gasteiger partial charge in [0.25, 0.3) is 0 Å². The first-order valence-corrected chi connectivity index (χ1v) is 5.04. The molecule has 2 heteroatoms. The SMILES string of the molecule is C=C(C)[C@@H]1Cc2cc(C(C)=O)ccc2O1. The van der Waals surface area contributed by atoms with Crippen molar-refractivity contribution in [2.24, 2.45) is 0 Å². The van der Waals surface area contributed by atoms with Crippen LogP contribution in [0, 0.1) is 0 Å². The van der Waals surface area contributed by atoms with E-state index in [2.05, 4.69) is 6.58 Å². The lowest BCUT2D eigenvalue weighted by molar-refractivity contribution is 0.101. The second-order valence-electron chi connectivity index (χ2n) is 4.04. The van der Waals surface area contributed by atoms with Crippen molar-refractivity contribution in [3.05, 3.63) is 41.5 Å². The molecular weight excluding hydrogens is 188 g/mol. The van der Waals surface area contributed by atoms with E-state index < -0.39 is 0 Å². The van der Waals surface area contributed by atoms with Crippen molar-refractivity contribution in [3.63, 3.8) is 0 Å². The molecule has 1 aromatic carbocycles. The van der Waals surface area contributed by atoms with Crippen LogP contribution in [0.4, 0.5) is 0 Å². The lowest BCUT2D eigenvalue weighted by Gasteiger charge is -2.08. The van der Waals surface area contributed by atoms with Crippen molar-refractivity contribution in [1.29, 1.82) is 0 Å². The maximum atomic E-state index is 11.2. The topological polar surface area (TPSA) is 26.3 Å². The Bertz CT molecular complexity index is 432. The summed E-state index contributed by atoms with van der Waals surface area (Å²) in [5.41, 5.74) is 2.88. The molecular formula is C13H14O2. The lowest BCUT2D eigenvalue weighted by Crippen LogP contribution is -2.13. The molecule has 0 radical (unpaired) electrons. The predicted molar refractivity (Wildman–Crippen MR) is 59.4 cm³/mol. The number of ether oxygens (including phenoxy) is 1. The molecule has 0 saturated carbocycles. The molecule has 1 aromatic rings. The highest BCUT2D eigenvalue weighted by Crippen LogP contribution is 2.31. The van der Waals surface area contributed by atoms with E-state index in [0.717, 1.165) is 28.9 Å². The summed E-state index contributed by atoms with van der Waals surface area (Å²) in [4.78, 5) is 11.2. The fourth-order valence-electron chi connectivity index (χ4n) is 1.74. The molecule has 0 spiro atoms. The fourth-order valence-corrected chi connectivity index (χ4v) is 1.74. The summed E-state index contributed by atoms with van der Waals surface area (Å²) in [7, 11) is 0. The van der Waals surface area contributed by atoms with Gasteiger partial charge in [0, 0.05) is 12.0 Å². The summed E-state index contributed by atoms with van der Waals surface area (Å²) in [6, 6.07) is 5.59. The summed E-state index contributed by atoms with van der Waals surface area (Å²) in [6.45, 7) is 7.42. The second kappa shape index (κ2) is 3.54. The van der Waals surface area contributed by atoms with Gasteiger partial charge in [-0.05, 0) is 43.2 Å². The number of hydrogen-bond donors (Lipinski definition) is 0. The third-order valence-corrected chi connectivity index (χ3v) is 2.69. The Hall–Kier alpha value is -1.57. The molecule has 0 fully saturated rings. The quantitative estimate of drug-likeness (QED) is 0.544. The van der Waals surface area contributed by atoms with Gasteiger partial charge >= 0.3 is 0 Å². The van der Waals surface area contributed by atoms with Crippen LogP contribution >= 0.6 is 0 Å². The number of carbonyl (C=O) groups is 1. The van der Waals surface area contributed by atoms with E-state index in [9.17, 15) is 4.79 Å². The summed E-state index contributed by atoms with van der Waals surface area (Å²) in [5.74, 6) is 0.976. The first kappa shape index (κ1) is 9.97. The summed E-state index contributed by atoms with van der Waals surface area (Å²) in [5, 5.41) is 0. The average molecular weight is 202 g/mol. The van der Waals surface area contributed by atoms with Crippen LogP contribution in [-0.2, 0) is 6.42 Å². The van der Waals surface area contributed by atoms with E-state index in [4.69, 9.17) is 4.74 Å². The lowest BCUT2D eigenvalue weighted by atomic mass is 10.0. The van der Waals surface area contributed by atoms with Gasteiger partial charge in [0.05, 0.1) is 0 Å². The van der Waals surface area contributed by atoms with Crippen LogP contribution in [0.3, 0.4) is 0 Å². The molecule has 1 atom stereocenters. The van der Waals surface area contributed by atoms with Crippen molar-refractivity contribution in [1.82, 2.24) is 0 Å². The molecule has 0 saturated heterocycles. The molecule has 1 aliphatic heterocycles. The first-order chi connectivity index (χ1) is 7.08. The van der Waals surface area contributed by atoms with Gasteiger partial charge in [0.2, 0.25) is 0 Å². The maximum Gasteiger partial charge on any atom is 0.159 e. The predicted octanol–water partition coefficient (Wildman–Crippen LogP) is 2.77. The van der Waals surface area contributed by atoms with Gasteiger partial charge in [-0.25, -0.2) is 0 Å². The molecule has 2 rings (SSSR count). The normalized spacial score (nSPS) is 18.1. The highest BCUT2D eigenvalue weighted by atomic mass is 16.5. The highest BCUT2D eigenvalue weighted by Gasteiger charge is 2.23. The van der Waals surface area contributed by atoms with Crippen molar-refractivity contribution in [2.75, 3.05) is 0 Å². The largest absolute Gasteiger partial charge is 0.485 e. The summed E-state index contributed by atoms with van der Waals surface area (Å²) >= 11 is 0. The molecule has 0 unspecified atom stereocenters. The zero-order chi connectivity index (χ0) is 11.0. The number of benzene rings is 1. The Labute approximate surface area is 89.6 Å². The molecule has 78 valence electrons. The van der Waals surface area contributed by atoms with Gasteiger partial charge in [-0.3, -0.25) is 4.79 Å². The van der Waals surface area contributed by atoms with E-state index in [1.165, 1.54) is 0 Å². The third-order valence-electron chi connectivity index (χ3n) is 2.69. The Morgan fingerprint density at radius 3 is 2.80 bits per heavy atom. The van der Waals surface area contributed by atoms with Gasteiger partial charge in [-0.1, -0.05) is 6.58 Å². The van der Waals surface area contributed by atoms with Crippen LogP contribution in [0.2, 0.25) is 0 Å². The number of Topliss-reactive ketones (excluding diaryl/α,β-unsaturated/α-hetero) is 1. The molecule has 1 heterocycles. The fraction of sp³-hybridized carbons (Fsp3) is 0.308. The van der Waals surface area contributed by atoms with Crippen molar-refractivity contribution < 1.29 is 9.53 Å². The van der Waals surface area contributed by atoms with Crippen LogP contribution in [0.15, 0.2) is 30.4 Å². The van der Waals surface area contributed by atoms with Gasteiger partial charge in [-0.2, -0.15) is 0 Å². The third kappa shape index (κ3) is 1.80. The van der Waals surface area contributed by atoms with Gasteiger partial charge in [-0.15, -0.1) is 0 Å². The molecule has 1 aliphatic rings. The van der Waals surface area contributed by atoms with Crippen LogP contribution in [-0.4, -0.2) is 11.9 Å². The minimum absolute atomic E-state index is 0.0715. The zero-order valence-corrected chi connectivity index (χ0v) is 9.04. The minimum Gasteiger partial charge on any atom is -0.485 e. The Balaban J connectivity index is 2.31. The van der Waals surface area contributed by atoms with Crippen LogP contribution < -0.4 is 4.74 Å². The van der Waals surface area contributed by atoms with Gasteiger partial charge in [0.15, 0.2) is 5.78 Å². The van der Waals surface area contributed by atoms with Crippen molar-refractivity contribution in [3.8, 4) is 5.75 Å². The number of ketones is 1. The molecule has 15 heavy (non-hydrogen) atoms. The van der Waals surface area contributed by atoms with E-state index in [1.54, 1.807) is 6.92 Å². The standard InChI is InChI=1S/C13H14O2/c1-8(2)13-7-11-6-10(9(3)14)4-5-12(11)15-13/h4-6,13H,1,7H2,2-3H3/t13-/m0/s1. The summed E-state index contributed by atoms with van der Waals surface area (Å²) in [6.07, 6.45) is 0.897. The minimum atomic E-state index is 0.0715. The van der Waals surface area contributed by atoms with E-state index in [-0.39, 0.29) is 11.9 Å². The smallest absolute Gasteiger partial charge is 0.159 e. The maximum absolute atomic E-state index is 11.2. The van der Waals surface area contributed by atoms with Crippen LogP contribution in [0.25, 0.3) is 0 Å². The van der Waals surface area contributed by atoms with Crippen LogP contribution in [0.1, 0.15) is 29.8 Å². The Kier molecular flexibility index (Phi) is 2.35. The van der Waals surface area contributed by atoms with E-state index >= 15 is 0 Å². The zero-order valence-electron chi connectivity index (χ0n) is 9.04. The van der Waals surface area contributed by atoms with Crippen LogP contribution in [0.5, 0.6) is 5.75 Å². The van der Waals surface area contributed by atoms with E-state index in [0.29, 0.717) is 0 Å². The molecule has 0 bridgehead atoms. The van der Waals surface area contributed by atoms with Crippen molar-refractivity contribution >= 4 is 5.78 Å². The van der Waals surface area contributed by atoms with Gasteiger partial charge < -0.3 is 4.74 Å². The molecule has 0 N–H and O–H groups in total. The molecule has 0 amide bonds. The molecule has 2 nitrogen and oxygen atoms in total. The van der Waals surface area contributed by atoms with E-state index in [1.807, 2.05) is 25.1 Å². The second-order valence-corrected chi connectivity index (χ2v) is 4.04. The monoisotopic (exact) mass is 202 g/mol.